The summed E-state index contributed by atoms with van der Waals surface area (Å²) in [6.45, 7) is 4.35. The lowest BCUT2D eigenvalue weighted by atomic mass is 10.0. The fraction of sp³-hybridized carbons (Fsp3) is 0.462. The Morgan fingerprint density at radius 3 is 3.06 bits per heavy atom. The molecule has 0 N–H and O–H groups in total. The summed E-state index contributed by atoms with van der Waals surface area (Å²) in [4.78, 5) is 3.74. The van der Waals surface area contributed by atoms with Crippen molar-refractivity contribution >= 4 is 11.8 Å². The van der Waals surface area contributed by atoms with Gasteiger partial charge in [-0.3, -0.25) is 0 Å². The molecule has 0 spiro atoms. The first-order valence-corrected chi connectivity index (χ1v) is 6.52. The van der Waals surface area contributed by atoms with Crippen LogP contribution in [0.15, 0.2) is 34.0 Å². The van der Waals surface area contributed by atoms with E-state index in [2.05, 4.69) is 37.0 Å². The molecule has 2 atom stereocenters. The summed E-state index contributed by atoms with van der Waals surface area (Å²) < 4.78 is 0. The van der Waals surface area contributed by atoms with Crippen molar-refractivity contribution < 1.29 is 0 Å². The minimum atomic E-state index is 0.0783. The maximum atomic E-state index is 9.25. The molecule has 3 aliphatic heterocycles. The molecule has 0 amide bonds. The Balaban J connectivity index is 2.14. The van der Waals surface area contributed by atoms with E-state index in [0.717, 1.165) is 12.8 Å². The van der Waals surface area contributed by atoms with Gasteiger partial charge in [0.1, 0.15) is 5.25 Å². The highest BCUT2D eigenvalue weighted by atomic mass is 32.2. The average Bonchev–Trinajstić information content (AvgIpc) is 2.63. The third-order valence-electron chi connectivity index (χ3n) is 3.59. The van der Waals surface area contributed by atoms with Crippen LogP contribution in [-0.2, 0) is 0 Å². The van der Waals surface area contributed by atoms with E-state index < -0.39 is 0 Å². The van der Waals surface area contributed by atoms with E-state index in [1.165, 1.54) is 21.9 Å². The zero-order valence-corrected chi connectivity index (χ0v) is 10.3. The van der Waals surface area contributed by atoms with Gasteiger partial charge in [-0.2, -0.15) is 5.26 Å². The van der Waals surface area contributed by atoms with E-state index in [-0.39, 0.29) is 5.25 Å². The molecule has 0 bridgehead atoms. The van der Waals surface area contributed by atoms with Crippen LogP contribution in [0, 0.1) is 11.3 Å². The topological polar surface area (TPSA) is 27.0 Å². The first kappa shape index (κ1) is 10.0. The number of hydrogen-bond donors (Lipinski definition) is 0. The SMILES string of the molecule is CC1=C2C=CC[C@H]3[C@H](C#N)SC(C)=C(C1)N23. The van der Waals surface area contributed by atoms with E-state index in [4.69, 9.17) is 0 Å². The van der Waals surface area contributed by atoms with E-state index in [1.54, 1.807) is 11.8 Å². The molecule has 0 aromatic rings. The molecular formula is C13H14N2S. The van der Waals surface area contributed by atoms with Crippen molar-refractivity contribution in [3.63, 3.8) is 0 Å². The lowest BCUT2D eigenvalue weighted by Crippen LogP contribution is -2.42. The lowest BCUT2D eigenvalue weighted by molar-refractivity contribution is 0.325. The van der Waals surface area contributed by atoms with Crippen molar-refractivity contribution in [2.45, 2.75) is 38.0 Å². The zero-order chi connectivity index (χ0) is 11.3. The van der Waals surface area contributed by atoms with Gasteiger partial charge in [-0.1, -0.05) is 6.08 Å². The normalized spacial score (nSPS) is 31.9. The number of rotatable bonds is 0. The van der Waals surface area contributed by atoms with Gasteiger partial charge in [0.25, 0.3) is 0 Å². The van der Waals surface area contributed by atoms with Crippen LogP contribution in [-0.4, -0.2) is 16.2 Å². The van der Waals surface area contributed by atoms with Crippen molar-refractivity contribution in [1.29, 1.82) is 5.26 Å². The summed E-state index contributed by atoms with van der Waals surface area (Å²) in [7, 11) is 0. The van der Waals surface area contributed by atoms with Crippen LogP contribution in [0.25, 0.3) is 0 Å². The zero-order valence-electron chi connectivity index (χ0n) is 9.53. The number of thioether (sulfide) groups is 1. The smallest absolute Gasteiger partial charge is 0.117 e. The highest BCUT2D eigenvalue weighted by Crippen LogP contribution is 2.48. The largest absolute Gasteiger partial charge is 0.338 e. The van der Waals surface area contributed by atoms with Gasteiger partial charge in [0.15, 0.2) is 0 Å². The molecule has 3 aliphatic rings. The Bertz CT molecular complexity index is 479. The number of allylic oxidation sites excluding steroid dienone is 3. The van der Waals surface area contributed by atoms with Gasteiger partial charge >= 0.3 is 0 Å². The van der Waals surface area contributed by atoms with Gasteiger partial charge < -0.3 is 4.90 Å². The monoisotopic (exact) mass is 230 g/mol. The average molecular weight is 230 g/mol. The Morgan fingerprint density at radius 1 is 1.50 bits per heavy atom. The summed E-state index contributed by atoms with van der Waals surface area (Å²) in [6, 6.07) is 2.80. The van der Waals surface area contributed by atoms with E-state index in [0.29, 0.717) is 6.04 Å². The van der Waals surface area contributed by atoms with Crippen LogP contribution in [0.5, 0.6) is 0 Å². The highest BCUT2D eigenvalue weighted by Gasteiger charge is 2.40. The van der Waals surface area contributed by atoms with Crippen LogP contribution in [0.1, 0.15) is 26.7 Å². The molecule has 0 aliphatic carbocycles. The molecule has 0 saturated heterocycles. The van der Waals surface area contributed by atoms with Crippen LogP contribution >= 0.6 is 11.8 Å². The molecule has 0 unspecified atom stereocenters. The first-order valence-electron chi connectivity index (χ1n) is 5.64. The van der Waals surface area contributed by atoms with Gasteiger partial charge in [-0.25, -0.2) is 0 Å². The summed E-state index contributed by atoms with van der Waals surface area (Å²) in [5.74, 6) is 0. The molecular weight excluding hydrogens is 216 g/mol. The number of hydrogen-bond acceptors (Lipinski definition) is 3. The number of nitrogens with zero attached hydrogens (tertiary/aromatic N) is 2. The van der Waals surface area contributed by atoms with Crippen LogP contribution in [0.3, 0.4) is 0 Å². The van der Waals surface area contributed by atoms with Crippen molar-refractivity contribution in [2.24, 2.45) is 0 Å². The quantitative estimate of drug-likeness (QED) is 0.639. The highest BCUT2D eigenvalue weighted by molar-refractivity contribution is 8.04. The molecule has 0 fully saturated rings. The summed E-state index contributed by atoms with van der Waals surface area (Å²) in [5, 5.41) is 9.32. The van der Waals surface area contributed by atoms with Crippen LogP contribution in [0.2, 0.25) is 0 Å². The third-order valence-corrected chi connectivity index (χ3v) is 4.85. The molecule has 2 nitrogen and oxygen atoms in total. The minimum Gasteiger partial charge on any atom is -0.338 e. The Labute approximate surface area is 100 Å². The van der Waals surface area contributed by atoms with Gasteiger partial charge in [0.2, 0.25) is 0 Å². The first-order chi connectivity index (χ1) is 7.72. The molecule has 3 heteroatoms. The molecule has 82 valence electrons. The second-order valence-corrected chi connectivity index (χ2v) is 5.94. The predicted octanol–water partition coefficient (Wildman–Crippen LogP) is 3.17. The van der Waals surface area contributed by atoms with Crippen molar-refractivity contribution in [3.05, 3.63) is 34.0 Å². The van der Waals surface area contributed by atoms with E-state index >= 15 is 0 Å². The summed E-state index contributed by atoms with van der Waals surface area (Å²) in [5.41, 5.74) is 4.21. The second-order valence-electron chi connectivity index (χ2n) is 4.59. The molecule has 16 heavy (non-hydrogen) atoms. The van der Waals surface area contributed by atoms with E-state index in [9.17, 15) is 5.26 Å². The van der Waals surface area contributed by atoms with Gasteiger partial charge in [0.05, 0.1) is 12.1 Å². The molecule has 0 radical (unpaired) electrons. The second kappa shape index (κ2) is 3.43. The van der Waals surface area contributed by atoms with Crippen LogP contribution < -0.4 is 0 Å². The Hall–Kier alpha value is -1.14. The van der Waals surface area contributed by atoms with Crippen molar-refractivity contribution in [3.8, 4) is 6.07 Å². The standard InChI is InChI=1S/C13H14N2S/c1-8-6-12-9(2)16-13(7-14)11-5-3-4-10(8)15(11)12/h3-4,11,13H,5-6H2,1-2H3/t11-,13-/m0/s1. The van der Waals surface area contributed by atoms with Crippen molar-refractivity contribution in [1.82, 2.24) is 4.90 Å². The number of nitriles is 1. The molecule has 3 heterocycles. The van der Waals surface area contributed by atoms with Crippen LogP contribution in [0.4, 0.5) is 0 Å². The molecule has 3 rings (SSSR count). The van der Waals surface area contributed by atoms with E-state index in [1.807, 2.05) is 0 Å². The maximum Gasteiger partial charge on any atom is 0.117 e. The fourth-order valence-corrected chi connectivity index (χ4v) is 3.94. The molecule has 0 aromatic carbocycles. The van der Waals surface area contributed by atoms with Gasteiger partial charge in [0, 0.05) is 22.7 Å². The van der Waals surface area contributed by atoms with Gasteiger partial charge in [-0.15, -0.1) is 11.8 Å². The lowest BCUT2D eigenvalue weighted by Gasteiger charge is -2.41. The fourth-order valence-electron chi connectivity index (χ4n) is 2.81. The minimum absolute atomic E-state index is 0.0783. The summed E-state index contributed by atoms with van der Waals surface area (Å²) >= 11 is 1.75. The summed E-state index contributed by atoms with van der Waals surface area (Å²) in [6.07, 6.45) is 6.50. The Morgan fingerprint density at radius 2 is 2.31 bits per heavy atom. The third kappa shape index (κ3) is 1.20. The predicted molar refractivity (Wildman–Crippen MR) is 66.4 cm³/mol. The van der Waals surface area contributed by atoms with Crippen molar-refractivity contribution in [2.75, 3.05) is 0 Å². The molecule has 0 saturated carbocycles. The van der Waals surface area contributed by atoms with Gasteiger partial charge in [-0.05, 0) is 31.9 Å². The molecule has 0 aromatic heterocycles. The Kier molecular flexibility index (Phi) is 2.15. The maximum absolute atomic E-state index is 9.25.